The van der Waals surface area contributed by atoms with Gasteiger partial charge in [-0.25, -0.2) is 4.79 Å². The molecule has 4 heteroatoms. The van der Waals surface area contributed by atoms with E-state index < -0.39 is 0 Å². The molecule has 0 atom stereocenters. The lowest BCUT2D eigenvalue weighted by molar-refractivity contribution is -0.0982. The molecule has 1 aliphatic rings. The van der Waals surface area contributed by atoms with Gasteiger partial charge < -0.3 is 14.8 Å². The fourth-order valence-electron chi connectivity index (χ4n) is 1.02. The van der Waals surface area contributed by atoms with Crippen LogP contribution in [0.1, 0.15) is 13.8 Å². The molecule has 0 spiro atoms. The van der Waals surface area contributed by atoms with Gasteiger partial charge in [0.1, 0.15) is 0 Å². The number of ether oxygens (including phenoxy) is 2. The molecule has 0 aliphatic carbocycles. The lowest BCUT2D eigenvalue weighted by atomic mass is 9.89. The summed E-state index contributed by atoms with van der Waals surface area (Å²) in [5.74, 6) is 0. The van der Waals surface area contributed by atoms with Crippen molar-refractivity contribution in [1.82, 2.24) is 5.32 Å². The van der Waals surface area contributed by atoms with Gasteiger partial charge in [-0.05, 0) is 6.92 Å². The second-order valence-corrected chi connectivity index (χ2v) is 3.38. The Morgan fingerprint density at radius 1 is 1.67 bits per heavy atom. The zero-order chi connectivity index (χ0) is 9.03. The standard InChI is InChI=1S/C8H15NO3/c1-3-12-7(10)9-4-8(2)5-11-6-8/h3-6H2,1-2H3,(H,9,10). The van der Waals surface area contributed by atoms with Gasteiger partial charge >= 0.3 is 6.09 Å². The van der Waals surface area contributed by atoms with Crippen molar-refractivity contribution >= 4 is 6.09 Å². The van der Waals surface area contributed by atoms with E-state index in [1.54, 1.807) is 6.92 Å². The van der Waals surface area contributed by atoms with Crippen LogP contribution in [0.3, 0.4) is 0 Å². The van der Waals surface area contributed by atoms with Crippen molar-refractivity contribution in [3.05, 3.63) is 0 Å². The van der Waals surface area contributed by atoms with Crippen LogP contribution in [0.4, 0.5) is 4.79 Å². The first-order chi connectivity index (χ1) is 5.66. The zero-order valence-electron chi connectivity index (χ0n) is 7.55. The van der Waals surface area contributed by atoms with E-state index in [0.29, 0.717) is 13.2 Å². The second-order valence-electron chi connectivity index (χ2n) is 3.38. The molecule has 1 rings (SSSR count). The van der Waals surface area contributed by atoms with Crippen molar-refractivity contribution in [2.45, 2.75) is 13.8 Å². The van der Waals surface area contributed by atoms with E-state index in [1.807, 2.05) is 0 Å². The summed E-state index contributed by atoms with van der Waals surface area (Å²) in [6.45, 7) is 6.35. The molecule has 1 N–H and O–H groups in total. The molecule has 0 bridgehead atoms. The van der Waals surface area contributed by atoms with Gasteiger partial charge in [-0.15, -0.1) is 0 Å². The van der Waals surface area contributed by atoms with Crippen molar-refractivity contribution in [1.29, 1.82) is 0 Å². The SMILES string of the molecule is CCOC(=O)NCC1(C)COC1. The van der Waals surface area contributed by atoms with Crippen LogP contribution in [-0.2, 0) is 9.47 Å². The number of alkyl carbamates (subject to hydrolysis) is 1. The smallest absolute Gasteiger partial charge is 0.407 e. The van der Waals surface area contributed by atoms with Crippen LogP contribution < -0.4 is 5.32 Å². The first-order valence-electron chi connectivity index (χ1n) is 4.15. The molecule has 4 nitrogen and oxygen atoms in total. The highest BCUT2D eigenvalue weighted by atomic mass is 16.5. The molecular weight excluding hydrogens is 158 g/mol. The summed E-state index contributed by atoms with van der Waals surface area (Å²) in [4.78, 5) is 10.9. The molecule has 1 fully saturated rings. The van der Waals surface area contributed by atoms with E-state index in [1.165, 1.54) is 0 Å². The third-order valence-corrected chi connectivity index (χ3v) is 1.84. The third kappa shape index (κ3) is 2.37. The summed E-state index contributed by atoms with van der Waals surface area (Å²) in [5, 5.41) is 2.68. The van der Waals surface area contributed by atoms with Gasteiger partial charge in [0.05, 0.1) is 19.8 Å². The number of amides is 1. The number of hydrogen-bond acceptors (Lipinski definition) is 3. The van der Waals surface area contributed by atoms with E-state index in [9.17, 15) is 4.79 Å². The lowest BCUT2D eigenvalue weighted by Gasteiger charge is -2.37. The van der Waals surface area contributed by atoms with Crippen LogP contribution in [0.15, 0.2) is 0 Å². The van der Waals surface area contributed by atoms with E-state index in [0.717, 1.165) is 13.2 Å². The maximum absolute atomic E-state index is 10.9. The molecule has 0 unspecified atom stereocenters. The Balaban J connectivity index is 2.12. The van der Waals surface area contributed by atoms with Crippen LogP contribution in [-0.4, -0.2) is 32.5 Å². The highest BCUT2D eigenvalue weighted by molar-refractivity contribution is 5.67. The van der Waals surface area contributed by atoms with E-state index in [2.05, 4.69) is 12.2 Å². The predicted octanol–water partition coefficient (Wildman–Crippen LogP) is 0.769. The van der Waals surface area contributed by atoms with Gasteiger partial charge in [0, 0.05) is 12.0 Å². The highest BCUT2D eigenvalue weighted by Gasteiger charge is 2.33. The van der Waals surface area contributed by atoms with Crippen molar-refractivity contribution in [3.63, 3.8) is 0 Å². The van der Waals surface area contributed by atoms with Gasteiger partial charge in [0.15, 0.2) is 0 Å². The first kappa shape index (κ1) is 9.32. The fraction of sp³-hybridized carbons (Fsp3) is 0.875. The van der Waals surface area contributed by atoms with Gasteiger partial charge in [0.2, 0.25) is 0 Å². The number of nitrogens with one attached hydrogen (secondary N) is 1. The monoisotopic (exact) mass is 173 g/mol. The van der Waals surface area contributed by atoms with Crippen molar-refractivity contribution in [2.75, 3.05) is 26.4 Å². The van der Waals surface area contributed by atoms with Crippen molar-refractivity contribution in [2.24, 2.45) is 5.41 Å². The molecule has 0 aromatic carbocycles. The number of carbonyl (C=O) groups excluding carboxylic acids is 1. The summed E-state index contributed by atoms with van der Waals surface area (Å²) in [5.41, 5.74) is 0.118. The average molecular weight is 173 g/mol. The highest BCUT2D eigenvalue weighted by Crippen LogP contribution is 2.24. The van der Waals surface area contributed by atoms with Crippen LogP contribution in [0, 0.1) is 5.41 Å². The first-order valence-corrected chi connectivity index (χ1v) is 4.15. The Labute approximate surface area is 72.2 Å². The molecule has 70 valence electrons. The Morgan fingerprint density at radius 2 is 2.33 bits per heavy atom. The number of carbonyl (C=O) groups is 1. The topological polar surface area (TPSA) is 47.6 Å². The minimum absolute atomic E-state index is 0.118. The van der Waals surface area contributed by atoms with Crippen molar-refractivity contribution in [3.8, 4) is 0 Å². The Morgan fingerprint density at radius 3 is 2.75 bits per heavy atom. The quantitative estimate of drug-likeness (QED) is 0.685. The summed E-state index contributed by atoms with van der Waals surface area (Å²) in [6, 6.07) is 0. The zero-order valence-corrected chi connectivity index (χ0v) is 7.55. The summed E-state index contributed by atoms with van der Waals surface area (Å²) in [6.07, 6.45) is -0.342. The Hall–Kier alpha value is -0.770. The normalized spacial score (nSPS) is 19.5. The van der Waals surface area contributed by atoms with Gasteiger partial charge in [-0.3, -0.25) is 0 Å². The molecule has 0 aromatic heterocycles. The molecule has 0 radical (unpaired) electrons. The molecule has 1 aliphatic heterocycles. The van der Waals surface area contributed by atoms with Crippen molar-refractivity contribution < 1.29 is 14.3 Å². The van der Waals surface area contributed by atoms with Crippen LogP contribution >= 0.6 is 0 Å². The number of rotatable bonds is 3. The van der Waals surface area contributed by atoms with Crippen LogP contribution in [0.5, 0.6) is 0 Å². The molecule has 0 aromatic rings. The van der Waals surface area contributed by atoms with E-state index in [4.69, 9.17) is 9.47 Å². The minimum atomic E-state index is -0.342. The molecule has 1 amide bonds. The Bertz CT molecular complexity index is 166. The van der Waals surface area contributed by atoms with E-state index in [-0.39, 0.29) is 11.5 Å². The van der Waals surface area contributed by atoms with Crippen LogP contribution in [0.25, 0.3) is 0 Å². The predicted molar refractivity (Wildman–Crippen MR) is 44.0 cm³/mol. The molecule has 1 saturated heterocycles. The van der Waals surface area contributed by atoms with Crippen LogP contribution in [0.2, 0.25) is 0 Å². The van der Waals surface area contributed by atoms with Gasteiger partial charge in [0.25, 0.3) is 0 Å². The fourth-order valence-corrected chi connectivity index (χ4v) is 1.02. The van der Waals surface area contributed by atoms with Gasteiger partial charge in [-0.2, -0.15) is 0 Å². The maximum atomic E-state index is 10.9. The molecule has 1 heterocycles. The number of hydrogen-bond donors (Lipinski definition) is 1. The molecule has 12 heavy (non-hydrogen) atoms. The van der Waals surface area contributed by atoms with E-state index >= 15 is 0 Å². The second kappa shape index (κ2) is 3.76. The summed E-state index contributed by atoms with van der Waals surface area (Å²) < 4.78 is 9.75. The summed E-state index contributed by atoms with van der Waals surface area (Å²) >= 11 is 0. The maximum Gasteiger partial charge on any atom is 0.407 e. The summed E-state index contributed by atoms with van der Waals surface area (Å²) in [7, 11) is 0. The third-order valence-electron chi connectivity index (χ3n) is 1.84. The minimum Gasteiger partial charge on any atom is -0.450 e. The average Bonchev–Trinajstić information content (AvgIpc) is 1.98. The molecular formula is C8H15NO3. The van der Waals surface area contributed by atoms with Gasteiger partial charge in [-0.1, -0.05) is 6.92 Å². The Kier molecular flexibility index (Phi) is 2.92. The lowest BCUT2D eigenvalue weighted by Crippen LogP contribution is -2.48. The largest absolute Gasteiger partial charge is 0.450 e. The molecule has 0 saturated carbocycles.